The number of nitrogens with zero attached hydrogens (tertiary/aromatic N) is 1. The molecule has 2 atom stereocenters. The van der Waals surface area contributed by atoms with E-state index in [1.807, 2.05) is 4.72 Å². The fraction of sp³-hybridized carbons (Fsp3) is 0.480. The molecule has 0 radical (unpaired) electrons. The first-order valence-electron chi connectivity index (χ1n) is 11.7. The number of aliphatic hydroxyl groups is 1. The molecular weight excluding hydrogens is 497 g/mol. The highest BCUT2D eigenvalue weighted by atomic mass is 32.2. The molecule has 1 saturated carbocycles. The van der Waals surface area contributed by atoms with Gasteiger partial charge in [-0.15, -0.1) is 0 Å². The van der Waals surface area contributed by atoms with Crippen LogP contribution in [0.15, 0.2) is 42.5 Å². The van der Waals surface area contributed by atoms with Crippen molar-refractivity contribution in [2.24, 2.45) is 0 Å². The fourth-order valence-corrected chi connectivity index (χ4v) is 5.65. The third kappa shape index (κ3) is 4.96. The van der Waals surface area contributed by atoms with E-state index in [0.29, 0.717) is 17.7 Å². The molecule has 196 valence electrons. The van der Waals surface area contributed by atoms with Crippen molar-refractivity contribution in [2.45, 2.75) is 56.2 Å². The van der Waals surface area contributed by atoms with Crippen LogP contribution in [0.5, 0.6) is 5.75 Å². The number of carbonyl (C=O) groups excluding carboxylic acids is 1. The molecule has 1 amide bonds. The van der Waals surface area contributed by atoms with Gasteiger partial charge in [0.25, 0.3) is 11.8 Å². The number of carbonyl (C=O) groups is 1. The van der Waals surface area contributed by atoms with Crippen molar-refractivity contribution < 1.29 is 36.2 Å². The Labute approximate surface area is 208 Å². The lowest BCUT2D eigenvalue weighted by Crippen LogP contribution is -2.57. The second-order valence-electron chi connectivity index (χ2n) is 9.36. The number of alkyl halides is 2. The first kappa shape index (κ1) is 26.4. The fourth-order valence-electron chi connectivity index (χ4n) is 4.77. The van der Waals surface area contributed by atoms with Crippen LogP contribution in [-0.2, 0) is 21.2 Å². The molecule has 1 heterocycles. The molecule has 2 N–H and O–H groups in total. The number of likely N-dealkylation sites (tertiary alicyclic amines) is 1. The Morgan fingerprint density at radius 1 is 1.22 bits per heavy atom. The van der Waals surface area contributed by atoms with Crippen molar-refractivity contribution >= 4 is 15.9 Å². The van der Waals surface area contributed by atoms with Crippen molar-refractivity contribution in [1.82, 2.24) is 9.62 Å². The molecule has 2 fully saturated rings. The summed E-state index contributed by atoms with van der Waals surface area (Å²) in [5.41, 5.74) is -1.02. The molecule has 2 aliphatic rings. The molecule has 36 heavy (non-hydrogen) atoms. The summed E-state index contributed by atoms with van der Waals surface area (Å²) >= 11 is 0. The number of hydrogen-bond donors (Lipinski definition) is 2. The van der Waals surface area contributed by atoms with E-state index in [4.69, 9.17) is 4.74 Å². The SMILES string of the molecule is CCS(=O)(=O)N[C@@H]1[C@H](Cc2cccc(-c3cccc(OC)c3)c2F)N(C(=O)C2(O)CCC2)CC1(F)F. The number of hydrogen-bond acceptors (Lipinski definition) is 5. The highest BCUT2D eigenvalue weighted by Crippen LogP contribution is 2.41. The average molecular weight is 527 g/mol. The number of sulfonamides is 1. The van der Waals surface area contributed by atoms with Crippen molar-refractivity contribution in [3.63, 3.8) is 0 Å². The van der Waals surface area contributed by atoms with Crippen LogP contribution in [0.25, 0.3) is 11.1 Å². The third-order valence-corrected chi connectivity index (χ3v) is 8.41. The highest BCUT2D eigenvalue weighted by Gasteiger charge is 2.60. The number of halogens is 3. The van der Waals surface area contributed by atoms with Gasteiger partial charge in [0, 0.05) is 5.56 Å². The van der Waals surface area contributed by atoms with Gasteiger partial charge >= 0.3 is 0 Å². The smallest absolute Gasteiger partial charge is 0.283 e. The lowest BCUT2D eigenvalue weighted by molar-refractivity contribution is -0.162. The van der Waals surface area contributed by atoms with Crippen molar-refractivity contribution in [3.8, 4) is 16.9 Å². The van der Waals surface area contributed by atoms with Gasteiger partial charge in [-0.2, -0.15) is 0 Å². The van der Waals surface area contributed by atoms with E-state index >= 15 is 13.2 Å². The van der Waals surface area contributed by atoms with Crippen LogP contribution in [-0.4, -0.2) is 67.3 Å². The quantitative estimate of drug-likeness (QED) is 0.551. The molecule has 2 aromatic carbocycles. The molecule has 0 unspecified atom stereocenters. The van der Waals surface area contributed by atoms with Crippen LogP contribution >= 0.6 is 0 Å². The zero-order valence-corrected chi connectivity index (χ0v) is 20.8. The summed E-state index contributed by atoms with van der Waals surface area (Å²) in [5, 5.41) is 10.6. The van der Waals surface area contributed by atoms with Crippen LogP contribution in [0.2, 0.25) is 0 Å². The van der Waals surface area contributed by atoms with Crippen molar-refractivity contribution in [3.05, 3.63) is 53.8 Å². The molecule has 1 saturated heterocycles. The second-order valence-corrected chi connectivity index (χ2v) is 11.4. The van der Waals surface area contributed by atoms with Crippen LogP contribution in [0, 0.1) is 5.82 Å². The summed E-state index contributed by atoms with van der Waals surface area (Å²) in [6, 6.07) is 7.83. The summed E-state index contributed by atoms with van der Waals surface area (Å²) in [5.74, 6) is -5.12. The molecule has 7 nitrogen and oxygen atoms in total. The zero-order chi connectivity index (χ0) is 26.3. The Bertz CT molecular complexity index is 1250. The molecule has 4 rings (SSSR count). The lowest BCUT2D eigenvalue weighted by Gasteiger charge is -2.40. The average Bonchev–Trinajstić information content (AvgIpc) is 3.07. The van der Waals surface area contributed by atoms with Crippen molar-refractivity contribution in [1.29, 1.82) is 0 Å². The van der Waals surface area contributed by atoms with E-state index in [2.05, 4.69) is 0 Å². The minimum absolute atomic E-state index is 0.0390. The van der Waals surface area contributed by atoms with Gasteiger partial charge in [0.1, 0.15) is 23.2 Å². The Balaban J connectivity index is 1.74. The van der Waals surface area contributed by atoms with Crippen LogP contribution in [0.3, 0.4) is 0 Å². The Morgan fingerprint density at radius 2 is 1.92 bits per heavy atom. The number of amides is 1. The molecule has 11 heteroatoms. The number of nitrogens with one attached hydrogen (secondary N) is 1. The minimum Gasteiger partial charge on any atom is -0.497 e. The summed E-state index contributed by atoms with van der Waals surface area (Å²) in [7, 11) is -2.60. The predicted octanol–water partition coefficient (Wildman–Crippen LogP) is 3.11. The van der Waals surface area contributed by atoms with E-state index in [-0.39, 0.29) is 30.4 Å². The van der Waals surface area contributed by atoms with Gasteiger partial charge in [0.05, 0.1) is 25.4 Å². The Kier molecular flexibility index (Phi) is 7.11. The summed E-state index contributed by atoms with van der Waals surface area (Å²) in [6.45, 7) is 0.231. The first-order chi connectivity index (χ1) is 16.9. The molecule has 1 aliphatic carbocycles. The monoisotopic (exact) mass is 526 g/mol. The van der Waals surface area contributed by atoms with Gasteiger partial charge in [0.15, 0.2) is 0 Å². The molecule has 0 spiro atoms. The van der Waals surface area contributed by atoms with Gasteiger partial charge < -0.3 is 14.7 Å². The summed E-state index contributed by atoms with van der Waals surface area (Å²) < 4.78 is 77.8. The van der Waals surface area contributed by atoms with E-state index < -0.39 is 57.7 Å². The third-order valence-electron chi connectivity index (χ3n) is 7.04. The molecule has 1 aliphatic heterocycles. The normalized spacial score (nSPS) is 22.8. The van der Waals surface area contributed by atoms with Crippen molar-refractivity contribution in [2.75, 3.05) is 19.4 Å². The standard InChI is InChI=1S/C25H29F3N2O5S/c1-3-36(33,34)29-22-20(30(15-25(22,27)28)23(31)24(32)11-6-12-24)14-17-8-5-10-19(21(17)26)16-7-4-9-18(13-16)35-2/h4-5,7-10,13,20,22,29,32H,3,6,11-12,14-15H2,1-2H3/t20-,22+/m0/s1. The van der Waals surface area contributed by atoms with Crippen LogP contribution < -0.4 is 9.46 Å². The molecule has 0 aromatic heterocycles. The number of rotatable bonds is 8. The molecule has 0 bridgehead atoms. The maximum Gasteiger partial charge on any atom is 0.283 e. The second kappa shape index (κ2) is 9.68. The van der Waals surface area contributed by atoms with Gasteiger partial charge in [-0.3, -0.25) is 4.79 Å². The predicted molar refractivity (Wildman–Crippen MR) is 128 cm³/mol. The molecule has 2 aromatic rings. The Hall–Kier alpha value is -2.63. The van der Waals surface area contributed by atoms with Crippen LogP contribution in [0.1, 0.15) is 31.7 Å². The minimum atomic E-state index is -4.08. The summed E-state index contributed by atoms with van der Waals surface area (Å²) in [6.07, 6.45) is 0.454. The van der Waals surface area contributed by atoms with E-state index in [0.717, 1.165) is 4.90 Å². The number of benzene rings is 2. The Morgan fingerprint density at radius 3 is 2.53 bits per heavy atom. The number of methoxy groups -OCH3 is 1. The first-order valence-corrected chi connectivity index (χ1v) is 13.4. The van der Waals surface area contributed by atoms with E-state index in [9.17, 15) is 18.3 Å². The lowest BCUT2D eigenvalue weighted by atomic mass is 9.79. The largest absolute Gasteiger partial charge is 0.497 e. The van der Waals surface area contributed by atoms with Gasteiger partial charge in [-0.25, -0.2) is 26.3 Å². The highest BCUT2D eigenvalue weighted by molar-refractivity contribution is 7.89. The van der Waals surface area contributed by atoms with Gasteiger partial charge in [0.2, 0.25) is 10.0 Å². The zero-order valence-electron chi connectivity index (χ0n) is 20.0. The molecular formula is C25H29F3N2O5S. The van der Waals surface area contributed by atoms with Gasteiger partial charge in [-0.05, 0) is 55.9 Å². The summed E-state index contributed by atoms with van der Waals surface area (Å²) in [4.78, 5) is 13.9. The number of ether oxygens (including phenoxy) is 1. The van der Waals surface area contributed by atoms with E-state index in [1.54, 1.807) is 30.3 Å². The van der Waals surface area contributed by atoms with Crippen LogP contribution in [0.4, 0.5) is 13.2 Å². The van der Waals surface area contributed by atoms with Gasteiger partial charge in [-0.1, -0.05) is 30.3 Å². The van der Waals surface area contributed by atoms with E-state index in [1.165, 1.54) is 26.2 Å². The maximum absolute atomic E-state index is 15.7. The maximum atomic E-state index is 15.7. The topological polar surface area (TPSA) is 95.9 Å².